The number of carbonyl (C=O) groups is 1. The maximum Gasteiger partial charge on any atom is 0.306 e. The van der Waals surface area contributed by atoms with Crippen LogP contribution >= 0.6 is 0 Å². The normalized spacial score (nSPS) is 20.1. The van der Waals surface area contributed by atoms with Crippen molar-refractivity contribution in [3.8, 4) is 0 Å². The first-order chi connectivity index (χ1) is 28.9. The number of rotatable bonds is 44. The van der Waals surface area contributed by atoms with Crippen LogP contribution in [0.1, 0.15) is 239 Å². The number of aliphatic hydroxyl groups excluding tert-OH is 4. The zero-order valence-corrected chi connectivity index (χ0v) is 38.5. The van der Waals surface area contributed by atoms with E-state index in [2.05, 4.69) is 26.0 Å². The number of allylic oxidation sites excluding steroid dienone is 2. The fraction of sp³-hybridized carbons (Fsp3) is 0.940. The summed E-state index contributed by atoms with van der Waals surface area (Å²) in [5.41, 5.74) is 0. The van der Waals surface area contributed by atoms with Crippen molar-refractivity contribution in [3.63, 3.8) is 0 Å². The second-order valence-corrected chi connectivity index (χ2v) is 17.6. The SMILES string of the molecule is CCCCCCCCC/C=C\CCCCCCCCCCOCC(COC1OC(CO)C(O)C(O)C1O)OC(=O)CCCCCCCCCCCCCCCCCCC. The molecule has 4 N–H and O–H groups in total. The van der Waals surface area contributed by atoms with Crippen molar-refractivity contribution in [3.05, 3.63) is 12.2 Å². The summed E-state index contributed by atoms with van der Waals surface area (Å²) in [5, 5.41) is 40.2. The van der Waals surface area contributed by atoms with Gasteiger partial charge in [0, 0.05) is 13.0 Å². The average Bonchev–Trinajstić information content (AvgIpc) is 3.24. The Kier molecular flexibility index (Phi) is 40.1. The molecule has 1 rings (SSSR count). The first-order valence-electron chi connectivity index (χ1n) is 25.3. The molecule has 6 unspecified atom stereocenters. The van der Waals surface area contributed by atoms with Gasteiger partial charge in [0.05, 0.1) is 19.8 Å². The Morgan fingerprint density at radius 1 is 0.525 bits per heavy atom. The smallest absolute Gasteiger partial charge is 0.306 e. The summed E-state index contributed by atoms with van der Waals surface area (Å²) in [7, 11) is 0. The highest BCUT2D eigenvalue weighted by Crippen LogP contribution is 2.23. The van der Waals surface area contributed by atoms with Crippen LogP contribution in [0.4, 0.5) is 0 Å². The average molecular weight is 841 g/mol. The Labute approximate surface area is 363 Å². The fourth-order valence-electron chi connectivity index (χ4n) is 7.96. The van der Waals surface area contributed by atoms with E-state index in [1.54, 1.807) is 0 Å². The van der Waals surface area contributed by atoms with Gasteiger partial charge in [-0.3, -0.25) is 4.79 Å². The van der Waals surface area contributed by atoms with Crippen molar-refractivity contribution < 1.29 is 44.2 Å². The van der Waals surface area contributed by atoms with Crippen molar-refractivity contribution >= 4 is 5.97 Å². The summed E-state index contributed by atoms with van der Waals surface area (Å²) in [6.45, 7) is 4.60. The molecular weight excluding hydrogens is 745 g/mol. The van der Waals surface area contributed by atoms with E-state index in [0.717, 1.165) is 32.1 Å². The molecule has 0 aliphatic carbocycles. The van der Waals surface area contributed by atoms with Crippen LogP contribution in [0.3, 0.4) is 0 Å². The number of esters is 1. The quantitative estimate of drug-likeness (QED) is 0.0269. The third-order valence-corrected chi connectivity index (χ3v) is 11.9. The van der Waals surface area contributed by atoms with E-state index in [-0.39, 0.29) is 19.2 Å². The predicted molar refractivity (Wildman–Crippen MR) is 243 cm³/mol. The minimum Gasteiger partial charge on any atom is -0.457 e. The van der Waals surface area contributed by atoms with Crippen molar-refractivity contribution in [1.29, 1.82) is 0 Å². The van der Waals surface area contributed by atoms with E-state index in [1.807, 2.05) is 0 Å². The molecule has 1 fully saturated rings. The van der Waals surface area contributed by atoms with Crippen LogP contribution in [-0.4, -0.2) is 89.6 Å². The number of aliphatic hydroxyl groups is 4. The van der Waals surface area contributed by atoms with E-state index in [0.29, 0.717) is 13.0 Å². The molecule has 0 aromatic heterocycles. The van der Waals surface area contributed by atoms with Crippen LogP contribution in [-0.2, 0) is 23.7 Å². The van der Waals surface area contributed by atoms with Gasteiger partial charge in [-0.1, -0.05) is 206 Å². The van der Waals surface area contributed by atoms with Crippen LogP contribution in [0.15, 0.2) is 12.2 Å². The molecule has 0 spiro atoms. The molecule has 350 valence electrons. The zero-order valence-electron chi connectivity index (χ0n) is 38.5. The van der Waals surface area contributed by atoms with Crippen molar-refractivity contribution in [2.75, 3.05) is 26.4 Å². The standard InChI is InChI=1S/C50H96O9/c1-3-5-7-9-11-13-15-17-19-21-22-24-26-28-30-32-34-36-38-40-56-42-44(43-57-50-49(55)48(54)47(53)45(41-51)59-50)58-46(52)39-37-35-33-31-29-27-25-23-20-18-16-14-12-10-8-6-4-2/h19,21,44-45,47-51,53-55H,3-18,20,22-43H2,1-2H3/b21-19-. The minimum absolute atomic E-state index is 0.109. The molecular formula is C50H96O9. The van der Waals surface area contributed by atoms with Gasteiger partial charge in [-0.05, 0) is 38.5 Å². The number of carbonyl (C=O) groups excluding carboxylic acids is 1. The van der Waals surface area contributed by atoms with Crippen LogP contribution in [0.2, 0.25) is 0 Å². The summed E-state index contributed by atoms with van der Waals surface area (Å²) >= 11 is 0. The molecule has 9 nitrogen and oxygen atoms in total. The Hall–Kier alpha value is -1.07. The molecule has 1 heterocycles. The molecule has 1 saturated heterocycles. The van der Waals surface area contributed by atoms with Gasteiger partial charge in [0.15, 0.2) is 6.29 Å². The molecule has 0 bridgehead atoms. The van der Waals surface area contributed by atoms with Gasteiger partial charge in [0.1, 0.15) is 30.5 Å². The fourth-order valence-corrected chi connectivity index (χ4v) is 7.96. The molecule has 0 aromatic carbocycles. The topological polar surface area (TPSA) is 135 Å². The third-order valence-electron chi connectivity index (χ3n) is 11.9. The molecule has 6 atom stereocenters. The maximum absolute atomic E-state index is 12.8. The van der Waals surface area contributed by atoms with Crippen molar-refractivity contribution in [2.45, 2.75) is 275 Å². The lowest BCUT2D eigenvalue weighted by Crippen LogP contribution is -2.59. The van der Waals surface area contributed by atoms with E-state index in [9.17, 15) is 25.2 Å². The lowest BCUT2D eigenvalue weighted by Gasteiger charge is -2.39. The van der Waals surface area contributed by atoms with Crippen LogP contribution < -0.4 is 0 Å². The summed E-state index contributed by atoms with van der Waals surface area (Å²) in [5.74, 6) is -0.309. The summed E-state index contributed by atoms with van der Waals surface area (Å²) in [4.78, 5) is 12.8. The molecule has 1 aliphatic rings. The van der Waals surface area contributed by atoms with E-state index in [1.165, 1.54) is 186 Å². The van der Waals surface area contributed by atoms with Crippen molar-refractivity contribution in [1.82, 2.24) is 0 Å². The highest BCUT2D eigenvalue weighted by Gasteiger charge is 2.44. The summed E-state index contributed by atoms with van der Waals surface area (Å²) in [6.07, 6.45) is 41.0. The zero-order chi connectivity index (χ0) is 42.9. The van der Waals surface area contributed by atoms with Crippen LogP contribution in [0.25, 0.3) is 0 Å². The number of unbranched alkanes of at least 4 members (excludes halogenated alkanes) is 31. The largest absolute Gasteiger partial charge is 0.457 e. The van der Waals surface area contributed by atoms with Crippen LogP contribution in [0, 0.1) is 0 Å². The Balaban J connectivity index is 2.20. The highest BCUT2D eigenvalue weighted by atomic mass is 16.7. The minimum atomic E-state index is -1.53. The van der Waals surface area contributed by atoms with E-state index in [4.69, 9.17) is 18.9 Å². The Bertz CT molecular complexity index is 915. The maximum atomic E-state index is 12.8. The number of ether oxygens (including phenoxy) is 4. The second-order valence-electron chi connectivity index (χ2n) is 17.6. The van der Waals surface area contributed by atoms with Gasteiger partial charge in [-0.25, -0.2) is 0 Å². The van der Waals surface area contributed by atoms with Gasteiger partial charge >= 0.3 is 5.97 Å². The van der Waals surface area contributed by atoms with Gasteiger partial charge < -0.3 is 39.4 Å². The monoisotopic (exact) mass is 841 g/mol. The number of hydrogen-bond donors (Lipinski definition) is 4. The van der Waals surface area contributed by atoms with Crippen LogP contribution in [0.5, 0.6) is 0 Å². The van der Waals surface area contributed by atoms with Gasteiger partial charge in [-0.2, -0.15) is 0 Å². The first kappa shape index (κ1) is 55.9. The first-order valence-corrected chi connectivity index (χ1v) is 25.3. The van der Waals surface area contributed by atoms with Gasteiger partial charge in [0.2, 0.25) is 0 Å². The predicted octanol–water partition coefficient (Wildman–Crippen LogP) is 12.0. The molecule has 9 heteroatoms. The third kappa shape index (κ3) is 33.2. The second kappa shape index (κ2) is 42.2. The number of hydrogen-bond acceptors (Lipinski definition) is 9. The van der Waals surface area contributed by atoms with E-state index < -0.39 is 43.4 Å². The summed E-state index contributed by atoms with van der Waals surface area (Å²) < 4.78 is 22.9. The van der Waals surface area contributed by atoms with Crippen molar-refractivity contribution in [2.24, 2.45) is 0 Å². The molecule has 0 aromatic rings. The van der Waals surface area contributed by atoms with Gasteiger partial charge in [0.25, 0.3) is 0 Å². The molecule has 0 saturated carbocycles. The molecule has 1 aliphatic heterocycles. The molecule has 0 amide bonds. The van der Waals surface area contributed by atoms with E-state index >= 15 is 0 Å². The Morgan fingerprint density at radius 2 is 0.932 bits per heavy atom. The molecule has 0 radical (unpaired) electrons. The van der Waals surface area contributed by atoms with Gasteiger partial charge in [-0.15, -0.1) is 0 Å². The highest BCUT2D eigenvalue weighted by molar-refractivity contribution is 5.69. The lowest BCUT2D eigenvalue weighted by atomic mass is 9.99. The molecule has 59 heavy (non-hydrogen) atoms. The lowest BCUT2D eigenvalue weighted by molar-refractivity contribution is -0.305. The Morgan fingerprint density at radius 3 is 1.37 bits per heavy atom. The summed E-state index contributed by atoms with van der Waals surface area (Å²) in [6, 6.07) is 0.